The maximum atomic E-state index is 12.3. The van der Waals surface area contributed by atoms with Gasteiger partial charge in [-0.3, -0.25) is 0 Å². The minimum atomic E-state index is -3.20. The van der Waals surface area contributed by atoms with Gasteiger partial charge in [0.2, 0.25) is 0 Å². The largest absolute Gasteiger partial charge is 0.463 e. The number of alkyl halides is 4. The van der Waals surface area contributed by atoms with Crippen molar-refractivity contribution in [2.24, 2.45) is 0 Å². The Morgan fingerprint density at radius 2 is 1.62 bits per heavy atom. The summed E-state index contributed by atoms with van der Waals surface area (Å²) in [6.07, 6.45) is 1.15. The van der Waals surface area contributed by atoms with Crippen molar-refractivity contribution in [1.29, 1.82) is 0 Å². The van der Waals surface area contributed by atoms with Crippen LogP contribution in [-0.2, 0) is 9.53 Å². The molecule has 0 spiro atoms. The molecule has 0 N–H and O–H groups in total. The van der Waals surface area contributed by atoms with Crippen molar-refractivity contribution in [1.82, 2.24) is 0 Å². The summed E-state index contributed by atoms with van der Waals surface area (Å²) in [5.74, 6) is -1.68. The van der Waals surface area contributed by atoms with E-state index in [1.165, 1.54) is 13.0 Å². The Hall–Kier alpha value is -2.25. The van der Waals surface area contributed by atoms with Crippen molar-refractivity contribution < 1.29 is 36.6 Å². The second kappa shape index (κ2) is 11.3. The Bertz CT molecular complexity index is 545. The van der Waals surface area contributed by atoms with E-state index in [9.17, 15) is 22.4 Å². The van der Waals surface area contributed by atoms with Gasteiger partial charge in [0.05, 0.1) is 6.61 Å². The Labute approximate surface area is 138 Å². The summed E-state index contributed by atoms with van der Waals surface area (Å²) in [7, 11) is 0. The van der Waals surface area contributed by atoms with Crippen LogP contribution in [0, 0.1) is 0 Å². The molecule has 0 aliphatic rings. The Morgan fingerprint density at radius 3 is 2.12 bits per heavy atom. The number of hydrogen-bond donors (Lipinski definition) is 0. The van der Waals surface area contributed by atoms with Crippen LogP contribution in [0.1, 0.15) is 33.3 Å². The standard InChI is InChI=1S/C14H14F4O4.C2H6/c1-3-20-12(19)6-8(2)9-4-5-10(21-13(15)16)11(7-9)22-14(17)18;1-2/h4-7,13-14H,3H2,1-2H3;1-2H3/b8-6-;. The van der Waals surface area contributed by atoms with Crippen LogP contribution in [0.2, 0.25) is 0 Å². The quantitative estimate of drug-likeness (QED) is 0.398. The predicted octanol–water partition coefficient (Wildman–Crippen LogP) is 4.88. The average Bonchev–Trinajstić information content (AvgIpc) is 2.50. The van der Waals surface area contributed by atoms with E-state index in [0.717, 1.165) is 18.2 Å². The second-order valence-electron chi connectivity index (χ2n) is 4.00. The van der Waals surface area contributed by atoms with Gasteiger partial charge in [0.1, 0.15) is 0 Å². The van der Waals surface area contributed by atoms with Crippen molar-refractivity contribution in [2.75, 3.05) is 6.61 Å². The van der Waals surface area contributed by atoms with Crippen molar-refractivity contribution in [2.45, 2.75) is 40.9 Å². The van der Waals surface area contributed by atoms with Gasteiger partial charge in [-0.05, 0) is 37.1 Å². The number of carbonyl (C=O) groups excluding carboxylic acids is 1. The molecule has 1 rings (SSSR count). The Balaban J connectivity index is 0.00000254. The lowest BCUT2D eigenvalue weighted by Crippen LogP contribution is -2.08. The van der Waals surface area contributed by atoms with Gasteiger partial charge < -0.3 is 14.2 Å². The molecule has 0 radical (unpaired) electrons. The molecule has 0 heterocycles. The van der Waals surface area contributed by atoms with Crippen LogP contribution in [0.3, 0.4) is 0 Å². The first-order chi connectivity index (χ1) is 11.3. The Morgan fingerprint density at radius 1 is 1.08 bits per heavy atom. The number of hydrogen-bond acceptors (Lipinski definition) is 4. The average molecular weight is 352 g/mol. The summed E-state index contributed by atoms with van der Waals surface area (Å²) < 4.78 is 62.1. The van der Waals surface area contributed by atoms with Crippen LogP contribution in [-0.4, -0.2) is 25.8 Å². The lowest BCUT2D eigenvalue weighted by molar-refractivity contribution is -0.137. The SMILES string of the molecule is CC.CCOC(=O)/C=C(/C)c1ccc(OC(F)F)c(OC(F)F)c1. The lowest BCUT2D eigenvalue weighted by atomic mass is 10.1. The molecule has 8 heteroatoms. The third-order valence-corrected chi connectivity index (χ3v) is 2.45. The van der Waals surface area contributed by atoms with E-state index in [1.54, 1.807) is 6.92 Å². The molecule has 0 saturated carbocycles. The van der Waals surface area contributed by atoms with Crippen LogP contribution in [0.25, 0.3) is 5.57 Å². The maximum Gasteiger partial charge on any atom is 0.387 e. The smallest absolute Gasteiger partial charge is 0.387 e. The van der Waals surface area contributed by atoms with Crippen LogP contribution >= 0.6 is 0 Å². The molecule has 1 aromatic carbocycles. The van der Waals surface area contributed by atoms with Crippen LogP contribution in [0.4, 0.5) is 17.6 Å². The number of ether oxygens (including phenoxy) is 3. The summed E-state index contributed by atoms with van der Waals surface area (Å²) >= 11 is 0. The van der Waals surface area contributed by atoms with E-state index in [1.807, 2.05) is 13.8 Å². The molecule has 0 unspecified atom stereocenters. The molecule has 0 atom stereocenters. The molecule has 0 saturated heterocycles. The van der Waals surface area contributed by atoms with E-state index >= 15 is 0 Å². The van der Waals surface area contributed by atoms with E-state index in [0.29, 0.717) is 11.1 Å². The van der Waals surface area contributed by atoms with Gasteiger partial charge in [-0.25, -0.2) is 4.79 Å². The fourth-order valence-electron chi connectivity index (χ4n) is 1.58. The fraction of sp³-hybridized carbons (Fsp3) is 0.438. The summed E-state index contributed by atoms with van der Waals surface area (Å²) in [5.41, 5.74) is 0.714. The van der Waals surface area contributed by atoms with Crippen molar-refractivity contribution in [3.05, 3.63) is 29.8 Å². The number of carbonyl (C=O) groups is 1. The summed E-state index contributed by atoms with van der Waals surface area (Å²) in [5, 5.41) is 0. The molecule has 0 aliphatic carbocycles. The zero-order valence-corrected chi connectivity index (χ0v) is 13.8. The van der Waals surface area contributed by atoms with E-state index in [4.69, 9.17) is 4.74 Å². The molecule has 0 amide bonds. The Kier molecular flexibility index (Phi) is 10.3. The number of benzene rings is 1. The highest BCUT2D eigenvalue weighted by Gasteiger charge is 2.16. The molecular weight excluding hydrogens is 332 g/mol. The van der Waals surface area contributed by atoms with Crippen molar-refractivity contribution >= 4 is 11.5 Å². The first-order valence-corrected chi connectivity index (χ1v) is 7.22. The first kappa shape index (κ1) is 21.8. The molecule has 1 aromatic rings. The topological polar surface area (TPSA) is 44.8 Å². The second-order valence-corrected chi connectivity index (χ2v) is 4.00. The molecular formula is C16H20F4O4. The first-order valence-electron chi connectivity index (χ1n) is 7.22. The van der Waals surface area contributed by atoms with Gasteiger partial charge in [0, 0.05) is 6.08 Å². The highest BCUT2D eigenvalue weighted by atomic mass is 19.3. The molecule has 0 fully saturated rings. The van der Waals surface area contributed by atoms with E-state index in [2.05, 4.69) is 9.47 Å². The molecule has 0 bridgehead atoms. The van der Waals surface area contributed by atoms with Gasteiger partial charge in [0.15, 0.2) is 11.5 Å². The number of allylic oxidation sites excluding steroid dienone is 1. The van der Waals surface area contributed by atoms with Crippen molar-refractivity contribution in [3.8, 4) is 11.5 Å². The predicted molar refractivity (Wildman–Crippen MR) is 81.3 cm³/mol. The number of rotatable bonds is 7. The summed E-state index contributed by atoms with van der Waals surface area (Å²) in [4.78, 5) is 11.3. The van der Waals surface area contributed by atoms with Gasteiger partial charge in [-0.15, -0.1) is 0 Å². The zero-order chi connectivity index (χ0) is 18.7. The fourth-order valence-corrected chi connectivity index (χ4v) is 1.58. The number of halogens is 4. The minimum Gasteiger partial charge on any atom is -0.463 e. The van der Waals surface area contributed by atoms with E-state index < -0.39 is 30.7 Å². The molecule has 4 nitrogen and oxygen atoms in total. The van der Waals surface area contributed by atoms with Gasteiger partial charge in [0.25, 0.3) is 0 Å². The number of esters is 1. The zero-order valence-electron chi connectivity index (χ0n) is 13.8. The third kappa shape index (κ3) is 7.85. The van der Waals surface area contributed by atoms with Crippen molar-refractivity contribution in [3.63, 3.8) is 0 Å². The molecule has 0 aliphatic heterocycles. The highest BCUT2D eigenvalue weighted by Crippen LogP contribution is 2.33. The van der Waals surface area contributed by atoms with Gasteiger partial charge in [-0.1, -0.05) is 19.9 Å². The van der Waals surface area contributed by atoms with Crippen LogP contribution in [0.5, 0.6) is 11.5 Å². The molecule has 0 aromatic heterocycles. The lowest BCUT2D eigenvalue weighted by Gasteiger charge is -2.13. The molecule has 136 valence electrons. The maximum absolute atomic E-state index is 12.3. The van der Waals surface area contributed by atoms with E-state index in [-0.39, 0.29) is 6.61 Å². The van der Waals surface area contributed by atoms with Crippen LogP contribution in [0.15, 0.2) is 24.3 Å². The van der Waals surface area contributed by atoms with Gasteiger partial charge >= 0.3 is 19.2 Å². The van der Waals surface area contributed by atoms with Gasteiger partial charge in [-0.2, -0.15) is 17.6 Å². The monoisotopic (exact) mass is 352 g/mol. The summed E-state index contributed by atoms with van der Waals surface area (Å²) in [6.45, 7) is 0.966. The normalized spacial score (nSPS) is 11.0. The third-order valence-electron chi connectivity index (χ3n) is 2.45. The molecule has 24 heavy (non-hydrogen) atoms. The van der Waals surface area contributed by atoms with Crippen LogP contribution < -0.4 is 9.47 Å². The summed E-state index contributed by atoms with van der Waals surface area (Å²) in [6, 6.07) is 3.47. The minimum absolute atomic E-state index is 0.184. The highest BCUT2D eigenvalue weighted by molar-refractivity contribution is 5.91.